The number of hydrogen-bond donors (Lipinski definition) is 0. The van der Waals surface area contributed by atoms with Gasteiger partial charge in [-0.1, -0.05) is 66.7 Å². The van der Waals surface area contributed by atoms with Gasteiger partial charge in [-0.15, -0.1) is 0 Å². The second-order valence-electron chi connectivity index (χ2n) is 9.67. The lowest BCUT2D eigenvalue weighted by atomic mass is 10.1. The Labute approximate surface area is 223 Å². The van der Waals surface area contributed by atoms with Crippen molar-refractivity contribution in [2.75, 3.05) is 6.54 Å². The van der Waals surface area contributed by atoms with Crippen LogP contribution < -0.4 is 5.56 Å². The molecular formula is C33H31N3O2. The SMILES string of the molecule is Cc1ccc(-n2c(C(C)N(CCc3ccccc3)C(=O)c3ccccc3)nc3ccccc3c2=O)cc1C. The number of aromatic nitrogens is 2. The summed E-state index contributed by atoms with van der Waals surface area (Å²) < 4.78 is 1.67. The van der Waals surface area contributed by atoms with Gasteiger partial charge in [0.1, 0.15) is 5.82 Å². The first-order valence-corrected chi connectivity index (χ1v) is 12.9. The minimum atomic E-state index is -0.467. The molecule has 0 saturated carbocycles. The second-order valence-corrected chi connectivity index (χ2v) is 9.67. The third-order valence-corrected chi connectivity index (χ3v) is 7.16. The van der Waals surface area contributed by atoms with Crippen LogP contribution in [0.25, 0.3) is 16.6 Å². The van der Waals surface area contributed by atoms with Crippen LogP contribution in [0.2, 0.25) is 0 Å². The van der Waals surface area contributed by atoms with E-state index >= 15 is 0 Å². The maximum Gasteiger partial charge on any atom is 0.266 e. The van der Waals surface area contributed by atoms with Crippen molar-refractivity contribution in [2.45, 2.75) is 33.2 Å². The number of hydrogen-bond acceptors (Lipinski definition) is 3. The van der Waals surface area contributed by atoms with Gasteiger partial charge in [0, 0.05) is 12.1 Å². The normalized spacial score (nSPS) is 11.9. The average molecular weight is 502 g/mol. The Morgan fingerprint density at radius 2 is 1.50 bits per heavy atom. The largest absolute Gasteiger partial charge is 0.328 e. The van der Waals surface area contributed by atoms with Gasteiger partial charge in [-0.3, -0.25) is 14.2 Å². The molecular weight excluding hydrogens is 470 g/mol. The molecule has 0 fully saturated rings. The molecule has 0 bridgehead atoms. The number of benzene rings is 4. The van der Waals surface area contributed by atoms with Crippen LogP contribution in [0.3, 0.4) is 0 Å². The minimum absolute atomic E-state index is 0.0944. The Morgan fingerprint density at radius 3 is 2.21 bits per heavy atom. The molecule has 5 aromatic rings. The Balaban J connectivity index is 1.66. The highest BCUT2D eigenvalue weighted by atomic mass is 16.2. The molecule has 1 unspecified atom stereocenters. The highest BCUT2D eigenvalue weighted by molar-refractivity contribution is 5.94. The number of carbonyl (C=O) groups excluding carboxylic acids is 1. The van der Waals surface area contributed by atoms with E-state index in [9.17, 15) is 9.59 Å². The van der Waals surface area contributed by atoms with Gasteiger partial charge in [-0.25, -0.2) is 4.98 Å². The summed E-state index contributed by atoms with van der Waals surface area (Å²) in [5.41, 5.74) is 5.20. The molecule has 5 nitrogen and oxygen atoms in total. The van der Waals surface area contributed by atoms with Crippen LogP contribution in [-0.2, 0) is 6.42 Å². The molecule has 1 aromatic heterocycles. The lowest BCUT2D eigenvalue weighted by Crippen LogP contribution is -2.38. The van der Waals surface area contributed by atoms with Gasteiger partial charge in [-0.05, 0) is 80.3 Å². The van der Waals surface area contributed by atoms with Gasteiger partial charge in [0.25, 0.3) is 11.5 Å². The van der Waals surface area contributed by atoms with Crippen molar-refractivity contribution in [2.24, 2.45) is 0 Å². The zero-order valence-electron chi connectivity index (χ0n) is 22.0. The van der Waals surface area contributed by atoms with Gasteiger partial charge in [-0.2, -0.15) is 0 Å². The number of carbonyl (C=O) groups is 1. The van der Waals surface area contributed by atoms with Gasteiger partial charge in [0.05, 0.1) is 22.6 Å². The van der Waals surface area contributed by atoms with Crippen molar-refractivity contribution in [3.8, 4) is 5.69 Å². The fourth-order valence-corrected chi connectivity index (χ4v) is 4.80. The Hall–Kier alpha value is -4.51. The number of fused-ring (bicyclic) bond motifs is 1. The van der Waals surface area contributed by atoms with Crippen LogP contribution >= 0.6 is 0 Å². The molecule has 0 radical (unpaired) electrons. The smallest absolute Gasteiger partial charge is 0.266 e. The molecule has 4 aromatic carbocycles. The second kappa shape index (κ2) is 10.9. The van der Waals surface area contributed by atoms with Crippen molar-refractivity contribution >= 4 is 16.8 Å². The highest BCUT2D eigenvalue weighted by Gasteiger charge is 2.27. The fourth-order valence-electron chi connectivity index (χ4n) is 4.80. The van der Waals surface area contributed by atoms with E-state index in [0.29, 0.717) is 35.3 Å². The molecule has 190 valence electrons. The minimum Gasteiger partial charge on any atom is -0.328 e. The Bertz CT molecular complexity index is 1640. The summed E-state index contributed by atoms with van der Waals surface area (Å²) in [5.74, 6) is 0.442. The predicted molar refractivity (Wildman–Crippen MR) is 153 cm³/mol. The van der Waals surface area contributed by atoms with Gasteiger partial charge in [0.2, 0.25) is 0 Å². The molecule has 0 aliphatic rings. The number of amides is 1. The molecule has 0 aliphatic heterocycles. The molecule has 0 spiro atoms. The van der Waals surface area contributed by atoms with Crippen molar-refractivity contribution in [3.63, 3.8) is 0 Å². The van der Waals surface area contributed by atoms with Gasteiger partial charge < -0.3 is 4.90 Å². The molecule has 1 heterocycles. The van der Waals surface area contributed by atoms with E-state index in [1.165, 1.54) is 0 Å². The van der Waals surface area contributed by atoms with E-state index in [1.807, 2.05) is 111 Å². The quantitative estimate of drug-likeness (QED) is 0.258. The van der Waals surface area contributed by atoms with Crippen LogP contribution in [0.5, 0.6) is 0 Å². The van der Waals surface area contributed by atoms with Crippen LogP contribution in [0.15, 0.2) is 108 Å². The first-order valence-electron chi connectivity index (χ1n) is 12.9. The average Bonchev–Trinajstić information content (AvgIpc) is 2.95. The lowest BCUT2D eigenvalue weighted by Gasteiger charge is -2.31. The first kappa shape index (κ1) is 25.2. The molecule has 1 amide bonds. The molecule has 0 saturated heterocycles. The highest BCUT2D eigenvalue weighted by Crippen LogP contribution is 2.26. The van der Waals surface area contributed by atoms with Crippen LogP contribution in [0.4, 0.5) is 0 Å². The summed E-state index contributed by atoms with van der Waals surface area (Å²) in [4.78, 5) is 34.6. The summed E-state index contributed by atoms with van der Waals surface area (Å²) in [5, 5.41) is 0.548. The number of aryl methyl sites for hydroxylation is 2. The van der Waals surface area contributed by atoms with E-state index in [2.05, 4.69) is 12.1 Å². The van der Waals surface area contributed by atoms with Crippen LogP contribution in [0, 0.1) is 13.8 Å². The predicted octanol–water partition coefficient (Wildman–Crippen LogP) is 6.45. The van der Waals surface area contributed by atoms with Gasteiger partial charge >= 0.3 is 0 Å². The lowest BCUT2D eigenvalue weighted by molar-refractivity contribution is 0.0683. The Kier molecular flexibility index (Phi) is 7.18. The van der Waals surface area contributed by atoms with Crippen molar-refractivity contribution in [1.82, 2.24) is 14.5 Å². The van der Waals surface area contributed by atoms with Gasteiger partial charge in [0.15, 0.2) is 0 Å². The summed E-state index contributed by atoms with van der Waals surface area (Å²) in [7, 11) is 0. The van der Waals surface area contributed by atoms with Crippen LogP contribution in [0.1, 0.15) is 45.8 Å². The third kappa shape index (κ3) is 5.00. The summed E-state index contributed by atoms with van der Waals surface area (Å²) in [6.45, 7) is 6.52. The monoisotopic (exact) mass is 501 g/mol. The molecule has 5 rings (SSSR count). The topological polar surface area (TPSA) is 55.2 Å². The Morgan fingerprint density at radius 1 is 0.842 bits per heavy atom. The molecule has 38 heavy (non-hydrogen) atoms. The maximum absolute atomic E-state index is 13.9. The molecule has 0 aliphatic carbocycles. The summed E-state index contributed by atoms with van der Waals surface area (Å²) >= 11 is 0. The van der Waals surface area contributed by atoms with E-state index in [4.69, 9.17) is 4.98 Å². The van der Waals surface area contributed by atoms with Crippen LogP contribution in [-0.4, -0.2) is 26.9 Å². The number of rotatable bonds is 7. The molecule has 1 atom stereocenters. The number of para-hydroxylation sites is 1. The molecule has 5 heteroatoms. The first-order chi connectivity index (χ1) is 18.4. The molecule has 0 N–H and O–H groups in total. The van der Waals surface area contributed by atoms with Crippen molar-refractivity contribution in [3.05, 3.63) is 142 Å². The van der Waals surface area contributed by atoms with E-state index in [0.717, 1.165) is 22.4 Å². The zero-order valence-corrected chi connectivity index (χ0v) is 22.0. The van der Waals surface area contributed by atoms with E-state index in [1.54, 1.807) is 10.6 Å². The summed E-state index contributed by atoms with van der Waals surface area (Å²) in [6, 6.07) is 32.3. The summed E-state index contributed by atoms with van der Waals surface area (Å²) in [6.07, 6.45) is 0.686. The third-order valence-electron chi connectivity index (χ3n) is 7.16. The zero-order chi connectivity index (χ0) is 26.6. The van der Waals surface area contributed by atoms with Crippen molar-refractivity contribution < 1.29 is 4.79 Å². The van der Waals surface area contributed by atoms with E-state index < -0.39 is 6.04 Å². The van der Waals surface area contributed by atoms with E-state index in [-0.39, 0.29) is 11.5 Å². The number of nitrogens with zero attached hydrogens (tertiary/aromatic N) is 3. The standard InChI is InChI=1S/C33H31N3O2/c1-23-18-19-28(22-24(23)2)36-31(34-30-17-11-10-16-29(30)33(36)38)25(3)35(21-20-26-12-6-4-7-13-26)32(37)27-14-8-5-9-15-27/h4-19,22,25H,20-21H2,1-3H3. The maximum atomic E-state index is 13.9. The fraction of sp³-hybridized carbons (Fsp3) is 0.182. The van der Waals surface area contributed by atoms with Crippen molar-refractivity contribution in [1.29, 1.82) is 0 Å².